The average molecular weight is 331 g/mol. The first-order valence-corrected chi connectivity index (χ1v) is 8.62. The largest absolute Gasteiger partial charge is 0.491 e. The minimum atomic E-state index is -0.971. The lowest BCUT2D eigenvalue weighted by Crippen LogP contribution is -2.52. The van der Waals surface area contributed by atoms with Crippen LogP contribution in [0, 0.1) is 11.3 Å². The fourth-order valence-electron chi connectivity index (χ4n) is 3.56. The molecule has 0 aromatic heterocycles. The summed E-state index contributed by atoms with van der Waals surface area (Å²) < 4.78 is 5.90. The van der Waals surface area contributed by atoms with Crippen LogP contribution in [0.3, 0.4) is 0 Å². The van der Waals surface area contributed by atoms with Crippen LogP contribution in [-0.4, -0.2) is 34.5 Å². The Balaban J connectivity index is 1.94. The van der Waals surface area contributed by atoms with Gasteiger partial charge in [-0.2, -0.15) is 0 Å². The van der Waals surface area contributed by atoms with Gasteiger partial charge in [-0.15, -0.1) is 0 Å². The van der Waals surface area contributed by atoms with Gasteiger partial charge in [0.25, 0.3) is 0 Å². The summed E-state index contributed by atoms with van der Waals surface area (Å²) in [6.07, 6.45) is 3.00. The normalized spacial score (nSPS) is 22.2. The average Bonchev–Trinajstić information content (AvgIpc) is 2.70. The summed E-state index contributed by atoms with van der Waals surface area (Å²) in [5, 5.41) is 9.16. The number of hydrogen-bond acceptors (Lipinski definition) is 3. The molecule has 1 aliphatic carbocycles. The Kier molecular flexibility index (Phi) is 4.28. The van der Waals surface area contributed by atoms with Gasteiger partial charge in [-0.05, 0) is 30.9 Å². The van der Waals surface area contributed by atoms with Gasteiger partial charge in [0, 0.05) is 17.5 Å². The zero-order valence-electron chi connectivity index (χ0n) is 14.5. The summed E-state index contributed by atoms with van der Waals surface area (Å²) in [7, 11) is 0. The molecule has 1 atom stereocenters. The van der Waals surface area contributed by atoms with Gasteiger partial charge in [-0.25, -0.2) is 4.79 Å². The highest BCUT2D eigenvalue weighted by molar-refractivity contribution is 5.88. The molecule has 130 valence electrons. The Bertz CT molecular complexity index is 663. The van der Waals surface area contributed by atoms with E-state index in [0.29, 0.717) is 18.9 Å². The minimum Gasteiger partial charge on any atom is -0.491 e. The van der Waals surface area contributed by atoms with Gasteiger partial charge in [-0.1, -0.05) is 33.3 Å². The summed E-state index contributed by atoms with van der Waals surface area (Å²) in [4.78, 5) is 26.3. The molecule has 1 fully saturated rings. The van der Waals surface area contributed by atoms with Crippen LogP contribution in [0.1, 0.15) is 56.0 Å². The van der Waals surface area contributed by atoms with Gasteiger partial charge < -0.3 is 14.7 Å². The van der Waals surface area contributed by atoms with E-state index in [-0.39, 0.29) is 28.8 Å². The third-order valence-corrected chi connectivity index (χ3v) is 5.47. The van der Waals surface area contributed by atoms with Crippen LogP contribution in [0.25, 0.3) is 0 Å². The van der Waals surface area contributed by atoms with Crippen molar-refractivity contribution in [2.45, 2.75) is 52.6 Å². The van der Waals surface area contributed by atoms with E-state index >= 15 is 0 Å². The molecule has 5 nitrogen and oxygen atoms in total. The molecule has 1 aromatic carbocycles. The van der Waals surface area contributed by atoms with Crippen molar-refractivity contribution >= 4 is 11.9 Å². The highest BCUT2D eigenvalue weighted by Crippen LogP contribution is 2.43. The molecule has 0 radical (unpaired) electrons. The molecule has 0 saturated heterocycles. The van der Waals surface area contributed by atoms with Crippen molar-refractivity contribution in [3.8, 4) is 5.75 Å². The number of ether oxygens (including phenoxy) is 1. The molecule has 3 rings (SSSR count). The van der Waals surface area contributed by atoms with Crippen LogP contribution < -0.4 is 4.74 Å². The van der Waals surface area contributed by atoms with Crippen LogP contribution in [0.4, 0.5) is 0 Å². The molecule has 0 bridgehead atoms. The van der Waals surface area contributed by atoms with Crippen LogP contribution in [0.5, 0.6) is 5.75 Å². The van der Waals surface area contributed by atoms with Gasteiger partial charge in [0.15, 0.2) is 0 Å². The number of amides is 1. The van der Waals surface area contributed by atoms with Crippen LogP contribution >= 0.6 is 0 Å². The SMILES string of the molecule is CC(C)C1COc2cc(C(=O)O)ccc2CN1C(=O)C1(C)CCC1. The van der Waals surface area contributed by atoms with E-state index in [1.807, 2.05) is 4.90 Å². The van der Waals surface area contributed by atoms with E-state index in [1.165, 1.54) is 0 Å². The van der Waals surface area contributed by atoms with Gasteiger partial charge in [0.2, 0.25) is 5.91 Å². The smallest absolute Gasteiger partial charge is 0.335 e. The van der Waals surface area contributed by atoms with Gasteiger partial charge in [0.1, 0.15) is 12.4 Å². The van der Waals surface area contributed by atoms with Gasteiger partial charge >= 0.3 is 5.97 Å². The number of benzene rings is 1. The third-order valence-electron chi connectivity index (χ3n) is 5.47. The van der Waals surface area contributed by atoms with Crippen LogP contribution in [-0.2, 0) is 11.3 Å². The van der Waals surface area contributed by atoms with E-state index in [4.69, 9.17) is 9.84 Å². The summed E-state index contributed by atoms with van der Waals surface area (Å²) in [6.45, 7) is 7.12. The Hall–Kier alpha value is -2.04. The minimum absolute atomic E-state index is 0.00407. The molecule has 1 saturated carbocycles. The number of carbonyl (C=O) groups is 2. The zero-order chi connectivity index (χ0) is 17.5. The standard InChI is InChI=1S/C19H25NO4/c1-12(2)15-11-24-16-9-13(17(21)22)5-6-14(16)10-20(15)18(23)19(3)7-4-8-19/h5-6,9,12,15H,4,7-8,10-11H2,1-3H3,(H,21,22). The fraction of sp³-hybridized carbons (Fsp3) is 0.579. The monoisotopic (exact) mass is 331 g/mol. The first kappa shape index (κ1) is 16.8. The molecule has 1 unspecified atom stereocenters. The van der Waals surface area contributed by atoms with Crippen molar-refractivity contribution in [1.29, 1.82) is 0 Å². The maximum Gasteiger partial charge on any atom is 0.335 e. The number of nitrogens with zero attached hydrogens (tertiary/aromatic N) is 1. The van der Waals surface area contributed by atoms with Gasteiger partial charge in [0.05, 0.1) is 11.6 Å². The van der Waals surface area contributed by atoms with Crippen LogP contribution in [0.2, 0.25) is 0 Å². The van der Waals surface area contributed by atoms with Crippen molar-refractivity contribution in [1.82, 2.24) is 4.90 Å². The van der Waals surface area contributed by atoms with Crippen molar-refractivity contribution < 1.29 is 19.4 Å². The number of rotatable bonds is 3. The molecule has 24 heavy (non-hydrogen) atoms. The molecule has 1 amide bonds. The molecule has 1 aliphatic heterocycles. The summed E-state index contributed by atoms with van der Waals surface area (Å²) >= 11 is 0. The fourth-order valence-corrected chi connectivity index (χ4v) is 3.56. The summed E-state index contributed by atoms with van der Waals surface area (Å²) in [6, 6.07) is 4.91. The Morgan fingerprint density at radius 1 is 1.33 bits per heavy atom. The Labute approximate surface area is 142 Å². The zero-order valence-corrected chi connectivity index (χ0v) is 14.5. The second-order valence-corrected chi connectivity index (χ2v) is 7.60. The number of carbonyl (C=O) groups excluding carboxylic acids is 1. The molecular formula is C19H25NO4. The molecule has 2 aliphatic rings. The van der Waals surface area contributed by atoms with E-state index < -0.39 is 5.97 Å². The van der Waals surface area contributed by atoms with Crippen molar-refractivity contribution in [3.05, 3.63) is 29.3 Å². The van der Waals surface area contributed by atoms with Crippen molar-refractivity contribution in [2.75, 3.05) is 6.61 Å². The molecule has 1 N–H and O–H groups in total. The number of aromatic carboxylic acids is 1. The first-order chi connectivity index (χ1) is 11.3. The van der Waals surface area contributed by atoms with E-state index in [0.717, 1.165) is 24.8 Å². The Morgan fingerprint density at radius 3 is 2.58 bits per heavy atom. The molecule has 1 heterocycles. The van der Waals surface area contributed by atoms with E-state index in [2.05, 4.69) is 20.8 Å². The molecule has 1 aromatic rings. The van der Waals surface area contributed by atoms with Crippen LogP contribution in [0.15, 0.2) is 18.2 Å². The quantitative estimate of drug-likeness (QED) is 0.922. The molecular weight excluding hydrogens is 306 g/mol. The van der Waals surface area contributed by atoms with E-state index in [9.17, 15) is 9.59 Å². The summed E-state index contributed by atoms with van der Waals surface area (Å²) in [5.74, 6) is 0.0766. The predicted octanol–water partition coefficient (Wildman–Crippen LogP) is 3.32. The maximum atomic E-state index is 13.1. The maximum absolute atomic E-state index is 13.1. The molecule has 5 heteroatoms. The Morgan fingerprint density at radius 2 is 2.04 bits per heavy atom. The highest BCUT2D eigenvalue weighted by atomic mass is 16.5. The van der Waals surface area contributed by atoms with Gasteiger partial charge in [-0.3, -0.25) is 4.79 Å². The molecule has 0 spiro atoms. The number of carboxylic acids is 1. The predicted molar refractivity (Wildman–Crippen MR) is 90.0 cm³/mol. The second kappa shape index (κ2) is 6.11. The summed E-state index contributed by atoms with van der Waals surface area (Å²) in [5.41, 5.74) is 0.832. The number of hydrogen-bond donors (Lipinski definition) is 1. The number of fused-ring (bicyclic) bond motifs is 1. The topological polar surface area (TPSA) is 66.8 Å². The lowest BCUT2D eigenvalue weighted by Gasteiger charge is -2.43. The lowest BCUT2D eigenvalue weighted by molar-refractivity contribution is -0.150. The van der Waals surface area contributed by atoms with E-state index in [1.54, 1.807) is 18.2 Å². The number of carboxylic acid groups (broad SMARTS) is 1. The first-order valence-electron chi connectivity index (χ1n) is 8.62. The second-order valence-electron chi connectivity index (χ2n) is 7.60. The van der Waals surface area contributed by atoms with Crippen molar-refractivity contribution in [3.63, 3.8) is 0 Å². The third kappa shape index (κ3) is 2.87. The lowest BCUT2D eigenvalue weighted by atomic mass is 9.69. The highest BCUT2D eigenvalue weighted by Gasteiger charge is 2.44. The van der Waals surface area contributed by atoms with Crippen molar-refractivity contribution in [2.24, 2.45) is 11.3 Å².